The van der Waals surface area contributed by atoms with Gasteiger partial charge < -0.3 is 10.5 Å². The molecule has 0 amide bonds. The van der Waals surface area contributed by atoms with Crippen molar-refractivity contribution < 1.29 is 13.2 Å². The fourth-order valence-corrected chi connectivity index (χ4v) is 3.57. The molecule has 0 aliphatic rings. The number of hydrogen-bond acceptors (Lipinski definition) is 4. The second-order valence-corrected chi connectivity index (χ2v) is 6.64. The van der Waals surface area contributed by atoms with Crippen molar-refractivity contribution in [1.82, 2.24) is 0 Å². The first-order valence-electron chi connectivity index (χ1n) is 5.84. The van der Waals surface area contributed by atoms with Gasteiger partial charge in [-0.05, 0) is 30.3 Å². The first-order chi connectivity index (χ1) is 9.44. The van der Waals surface area contributed by atoms with E-state index in [0.29, 0.717) is 22.0 Å². The molecule has 0 atom stereocenters. The summed E-state index contributed by atoms with van der Waals surface area (Å²) in [5, 5.41) is 0.344. The Morgan fingerprint density at radius 3 is 2.55 bits per heavy atom. The Kier molecular flexibility index (Phi) is 4.20. The molecule has 0 saturated carbocycles. The maximum Gasteiger partial charge on any atom is 0.182 e. The van der Waals surface area contributed by atoms with Gasteiger partial charge in [0.05, 0.1) is 17.8 Å². The Morgan fingerprint density at radius 1 is 1.20 bits per heavy atom. The van der Waals surface area contributed by atoms with E-state index in [-0.39, 0.29) is 10.6 Å². The van der Waals surface area contributed by atoms with Crippen molar-refractivity contribution in [2.24, 2.45) is 0 Å². The van der Waals surface area contributed by atoms with E-state index in [0.717, 1.165) is 0 Å². The van der Waals surface area contributed by atoms with Crippen LogP contribution in [0.2, 0.25) is 5.02 Å². The second kappa shape index (κ2) is 5.73. The van der Waals surface area contributed by atoms with Gasteiger partial charge in [0.1, 0.15) is 5.75 Å². The molecule has 0 aliphatic heterocycles. The molecule has 0 spiro atoms. The van der Waals surface area contributed by atoms with Crippen molar-refractivity contribution in [2.45, 2.75) is 10.6 Å². The monoisotopic (exact) mass is 311 g/mol. The Bertz CT molecular complexity index is 709. The van der Waals surface area contributed by atoms with Crippen LogP contribution >= 0.6 is 11.6 Å². The first-order valence-corrected chi connectivity index (χ1v) is 7.87. The quantitative estimate of drug-likeness (QED) is 0.881. The van der Waals surface area contributed by atoms with Crippen LogP contribution in [-0.4, -0.2) is 15.5 Å². The number of benzene rings is 2. The number of anilines is 1. The molecule has 0 radical (unpaired) electrons. The summed E-state index contributed by atoms with van der Waals surface area (Å²) >= 11 is 6.01. The normalized spacial score (nSPS) is 11.3. The summed E-state index contributed by atoms with van der Waals surface area (Å²) in [6, 6.07) is 11.2. The molecule has 0 fully saturated rings. The Hall–Kier alpha value is -1.72. The van der Waals surface area contributed by atoms with Crippen molar-refractivity contribution in [3.63, 3.8) is 0 Å². The van der Waals surface area contributed by atoms with Gasteiger partial charge in [-0.25, -0.2) is 8.42 Å². The highest BCUT2D eigenvalue weighted by molar-refractivity contribution is 7.90. The fourth-order valence-electron chi connectivity index (χ4n) is 1.80. The van der Waals surface area contributed by atoms with Crippen LogP contribution in [0.25, 0.3) is 0 Å². The van der Waals surface area contributed by atoms with E-state index >= 15 is 0 Å². The van der Waals surface area contributed by atoms with Crippen LogP contribution in [0.3, 0.4) is 0 Å². The molecule has 4 nitrogen and oxygen atoms in total. The van der Waals surface area contributed by atoms with Crippen molar-refractivity contribution in [3.05, 3.63) is 53.1 Å². The molecule has 2 aromatic carbocycles. The molecule has 6 heteroatoms. The highest BCUT2D eigenvalue weighted by Gasteiger charge is 2.19. The van der Waals surface area contributed by atoms with Crippen molar-refractivity contribution >= 4 is 27.1 Å². The predicted octanol–water partition coefficient (Wildman–Crippen LogP) is 2.90. The third-order valence-corrected chi connectivity index (χ3v) is 4.88. The fraction of sp³-hybridized carbons (Fsp3) is 0.143. The summed E-state index contributed by atoms with van der Waals surface area (Å²) in [6.07, 6.45) is 0. The molecule has 2 N–H and O–H groups in total. The van der Waals surface area contributed by atoms with Gasteiger partial charge in [-0.3, -0.25) is 0 Å². The van der Waals surface area contributed by atoms with Gasteiger partial charge in [-0.15, -0.1) is 0 Å². The smallest absolute Gasteiger partial charge is 0.182 e. The number of hydrogen-bond donors (Lipinski definition) is 1. The summed E-state index contributed by atoms with van der Waals surface area (Å²) in [7, 11) is -2.05. The summed E-state index contributed by atoms with van der Waals surface area (Å²) in [6.45, 7) is 0. The zero-order valence-electron chi connectivity index (χ0n) is 10.8. The Labute approximate surface area is 123 Å². The van der Waals surface area contributed by atoms with E-state index in [1.807, 2.05) is 0 Å². The molecule has 2 rings (SSSR count). The van der Waals surface area contributed by atoms with Crippen molar-refractivity contribution in [1.29, 1.82) is 0 Å². The molecule has 0 unspecified atom stereocenters. The minimum atomic E-state index is -3.54. The number of sulfone groups is 1. The van der Waals surface area contributed by atoms with E-state index in [9.17, 15) is 8.42 Å². The molecule has 2 aromatic rings. The van der Waals surface area contributed by atoms with Crippen LogP contribution in [-0.2, 0) is 15.6 Å². The number of nitrogens with two attached hydrogens (primary N) is 1. The lowest BCUT2D eigenvalue weighted by Gasteiger charge is -2.10. The molecule has 106 valence electrons. The van der Waals surface area contributed by atoms with Crippen LogP contribution in [0, 0.1) is 0 Å². The molecular weight excluding hydrogens is 298 g/mol. The topological polar surface area (TPSA) is 69.4 Å². The third kappa shape index (κ3) is 3.05. The van der Waals surface area contributed by atoms with E-state index in [2.05, 4.69) is 0 Å². The minimum absolute atomic E-state index is 0.177. The lowest BCUT2D eigenvalue weighted by molar-refractivity contribution is 0.413. The SMILES string of the molecule is COc1cccc(S(=O)(=O)Cc2c(N)cccc2Cl)c1. The summed E-state index contributed by atoms with van der Waals surface area (Å²) in [5.74, 6) is 0.240. The Balaban J connectivity index is 2.41. The van der Waals surface area contributed by atoms with Gasteiger partial charge in [0, 0.05) is 16.3 Å². The maximum absolute atomic E-state index is 12.4. The highest BCUT2D eigenvalue weighted by atomic mass is 35.5. The maximum atomic E-state index is 12.4. The van der Waals surface area contributed by atoms with Crippen LogP contribution in [0.1, 0.15) is 5.56 Å². The van der Waals surface area contributed by atoms with Crippen LogP contribution in [0.4, 0.5) is 5.69 Å². The lowest BCUT2D eigenvalue weighted by atomic mass is 10.2. The van der Waals surface area contributed by atoms with Crippen molar-refractivity contribution in [3.8, 4) is 5.75 Å². The van der Waals surface area contributed by atoms with E-state index in [1.54, 1.807) is 30.3 Å². The van der Waals surface area contributed by atoms with Crippen LogP contribution < -0.4 is 10.5 Å². The Morgan fingerprint density at radius 2 is 1.90 bits per heavy atom. The molecular formula is C14H14ClNO3S. The summed E-state index contributed by atoms with van der Waals surface area (Å²) < 4.78 is 29.8. The number of nitrogen functional groups attached to an aromatic ring is 1. The molecule has 0 saturated heterocycles. The molecule has 0 aromatic heterocycles. The van der Waals surface area contributed by atoms with Crippen LogP contribution in [0.15, 0.2) is 47.4 Å². The number of rotatable bonds is 4. The standard InChI is InChI=1S/C14H14ClNO3S/c1-19-10-4-2-5-11(8-10)20(17,18)9-12-13(15)6-3-7-14(12)16/h2-8H,9,16H2,1H3. The van der Waals surface area contributed by atoms with Gasteiger partial charge >= 0.3 is 0 Å². The average Bonchev–Trinajstić information content (AvgIpc) is 2.43. The van der Waals surface area contributed by atoms with E-state index in [4.69, 9.17) is 22.1 Å². The van der Waals surface area contributed by atoms with Crippen molar-refractivity contribution in [2.75, 3.05) is 12.8 Å². The molecule has 0 heterocycles. The summed E-state index contributed by atoms with van der Waals surface area (Å²) in [5.41, 5.74) is 6.57. The van der Waals surface area contributed by atoms with E-state index in [1.165, 1.54) is 19.2 Å². The average molecular weight is 312 g/mol. The van der Waals surface area contributed by atoms with Gasteiger partial charge in [-0.1, -0.05) is 23.7 Å². The van der Waals surface area contributed by atoms with E-state index < -0.39 is 9.84 Å². The molecule has 20 heavy (non-hydrogen) atoms. The second-order valence-electron chi connectivity index (χ2n) is 4.25. The highest BCUT2D eigenvalue weighted by Crippen LogP contribution is 2.28. The first kappa shape index (κ1) is 14.7. The van der Waals surface area contributed by atoms with Gasteiger partial charge in [-0.2, -0.15) is 0 Å². The third-order valence-electron chi connectivity index (χ3n) is 2.89. The zero-order valence-corrected chi connectivity index (χ0v) is 12.4. The molecule has 0 bridgehead atoms. The molecule has 0 aliphatic carbocycles. The van der Waals surface area contributed by atoms with Gasteiger partial charge in [0.25, 0.3) is 0 Å². The number of methoxy groups -OCH3 is 1. The number of halogens is 1. The lowest BCUT2D eigenvalue weighted by Crippen LogP contribution is -2.07. The minimum Gasteiger partial charge on any atom is -0.497 e. The summed E-state index contributed by atoms with van der Waals surface area (Å²) in [4.78, 5) is 0.177. The van der Waals surface area contributed by atoms with Crippen LogP contribution in [0.5, 0.6) is 5.75 Å². The number of ether oxygens (including phenoxy) is 1. The predicted molar refractivity (Wildman–Crippen MR) is 79.7 cm³/mol. The zero-order chi connectivity index (χ0) is 14.8. The largest absolute Gasteiger partial charge is 0.497 e. The van der Waals surface area contributed by atoms with Gasteiger partial charge in [0.2, 0.25) is 0 Å². The van der Waals surface area contributed by atoms with Gasteiger partial charge in [0.15, 0.2) is 9.84 Å².